The number of hydrogen-bond donors (Lipinski definition) is 1. The minimum Gasteiger partial charge on any atom is -0.352 e. The highest BCUT2D eigenvalue weighted by atomic mass is 79.9. The van der Waals surface area contributed by atoms with E-state index in [0.29, 0.717) is 25.7 Å². The normalized spacial score (nSPS) is 19.3. The van der Waals surface area contributed by atoms with Gasteiger partial charge >= 0.3 is 0 Å². The number of hydrogen-bond acceptors (Lipinski definition) is 4. The Morgan fingerprint density at radius 2 is 2.00 bits per heavy atom. The predicted octanol–water partition coefficient (Wildman–Crippen LogP) is 1.95. The molecule has 1 aliphatic carbocycles. The first-order chi connectivity index (χ1) is 11.1. The van der Waals surface area contributed by atoms with Gasteiger partial charge in [-0.1, -0.05) is 0 Å². The van der Waals surface area contributed by atoms with Gasteiger partial charge in [0, 0.05) is 43.2 Å². The van der Waals surface area contributed by atoms with Crippen LogP contribution >= 0.6 is 27.3 Å². The molecule has 0 radical (unpaired) electrons. The van der Waals surface area contributed by atoms with Crippen molar-refractivity contribution in [3.8, 4) is 0 Å². The van der Waals surface area contributed by atoms with E-state index in [4.69, 9.17) is 0 Å². The van der Waals surface area contributed by atoms with Crippen LogP contribution in [0.15, 0.2) is 22.0 Å². The van der Waals surface area contributed by atoms with Crippen LogP contribution in [0.1, 0.15) is 17.7 Å². The molecule has 124 valence electrons. The molecule has 1 aromatic heterocycles. The van der Waals surface area contributed by atoms with E-state index in [9.17, 15) is 9.59 Å². The monoisotopic (exact) mass is 397 g/mol. The summed E-state index contributed by atoms with van der Waals surface area (Å²) in [7, 11) is 0. The van der Waals surface area contributed by atoms with Crippen molar-refractivity contribution in [2.75, 3.05) is 32.7 Å². The first-order valence-corrected chi connectivity index (χ1v) is 9.45. The molecule has 0 atom stereocenters. The number of amides is 2. The van der Waals surface area contributed by atoms with Crippen LogP contribution < -0.4 is 5.32 Å². The number of nitrogens with zero attached hydrogens (tertiary/aromatic N) is 2. The number of nitrogens with one attached hydrogen (secondary N) is 1. The molecule has 7 heteroatoms. The third-order valence-electron chi connectivity index (χ3n) is 3.98. The molecule has 2 aliphatic rings. The van der Waals surface area contributed by atoms with E-state index in [2.05, 4.69) is 26.1 Å². The van der Waals surface area contributed by atoms with Crippen LogP contribution in [0.2, 0.25) is 0 Å². The molecule has 2 amide bonds. The van der Waals surface area contributed by atoms with Gasteiger partial charge in [0.25, 0.3) is 0 Å². The largest absolute Gasteiger partial charge is 0.352 e. The van der Waals surface area contributed by atoms with Gasteiger partial charge in [-0.05, 0) is 47.0 Å². The van der Waals surface area contributed by atoms with Crippen LogP contribution in [0.5, 0.6) is 0 Å². The van der Waals surface area contributed by atoms with Gasteiger partial charge in [-0.25, -0.2) is 0 Å². The lowest BCUT2D eigenvalue weighted by Gasteiger charge is -2.33. The molecule has 1 N–H and O–H groups in total. The number of halogens is 1. The topological polar surface area (TPSA) is 52.7 Å². The Balaban J connectivity index is 1.41. The van der Waals surface area contributed by atoms with Crippen LogP contribution in [-0.4, -0.2) is 60.4 Å². The van der Waals surface area contributed by atoms with Crippen molar-refractivity contribution in [1.82, 2.24) is 15.1 Å². The van der Waals surface area contributed by atoms with Crippen molar-refractivity contribution >= 4 is 45.2 Å². The maximum atomic E-state index is 12.2. The first-order valence-electron chi connectivity index (χ1n) is 7.84. The van der Waals surface area contributed by atoms with E-state index in [1.165, 1.54) is 0 Å². The molecule has 0 aromatic carbocycles. The molecule has 23 heavy (non-hydrogen) atoms. The molecule has 2 heterocycles. The highest BCUT2D eigenvalue weighted by Gasteiger charge is 2.25. The summed E-state index contributed by atoms with van der Waals surface area (Å²) in [6.45, 7) is 3.30. The highest BCUT2D eigenvalue weighted by molar-refractivity contribution is 9.11. The highest BCUT2D eigenvalue weighted by Crippen LogP contribution is 2.23. The van der Waals surface area contributed by atoms with Crippen LogP contribution in [0.3, 0.4) is 0 Å². The molecule has 2 fully saturated rings. The zero-order chi connectivity index (χ0) is 16.2. The lowest BCUT2D eigenvalue weighted by atomic mass is 10.3. The molecule has 0 spiro atoms. The third kappa shape index (κ3) is 5.16. The minimum atomic E-state index is 0.0385. The SMILES string of the molecule is O=C(CN1CCN(C(=O)C=Cc2ccc(Br)s2)CC1)NC1CC1. The molecule has 5 nitrogen and oxygen atoms in total. The fourth-order valence-corrected chi connectivity index (χ4v) is 3.83. The predicted molar refractivity (Wildman–Crippen MR) is 95.2 cm³/mol. The third-order valence-corrected chi connectivity index (χ3v) is 5.57. The molecule has 0 unspecified atom stereocenters. The molecular formula is C16H20BrN3O2S. The fourth-order valence-electron chi connectivity index (χ4n) is 2.51. The molecule has 1 aromatic rings. The summed E-state index contributed by atoms with van der Waals surface area (Å²) in [5, 5.41) is 3.00. The summed E-state index contributed by atoms with van der Waals surface area (Å²) in [6.07, 6.45) is 5.71. The second-order valence-electron chi connectivity index (χ2n) is 5.92. The summed E-state index contributed by atoms with van der Waals surface area (Å²) in [5.41, 5.74) is 0. The maximum Gasteiger partial charge on any atom is 0.246 e. The molecule has 1 saturated carbocycles. The molecular weight excluding hydrogens is 378 g/mol. The van der Waals surface area contributed by atoms with Crippen LogP contribution in [0, 0.1) is 0 Å². The minimum absolute atomic E-state index is 0.0385. The van der Waals surface area contributed by atoms with E-state index >= 15 is 0 Å². The standard InChI is InChI=1S/C16H20BrN3O2S/c17-14-5-3-13(23-14)4-6-16(22)20-9-7-19(8-10-20)11-15(21)18-12-1-2-12/h3-6,12H,1-2,7-11H2,(H,18,21). The molecule has 3 rings (SSSR count). The van der Waals surface area contributed by atoms with E-state index in [1.54, 1.807) is 17.4 Å². The van der Waals surface area contributed by atoms with Crippen molar-refractivity contribution < 1.29 is 9.59 Å². The van der Waals surface area contributed by atoms with Gasteiger partial charge in [0.15, 0.2) is 0 Å². The van der Waals surface area contributed by atoms with E-state index in [0.717, 1.165) is 34.6 Å². The summed E-state index contributed by atoms with van der Waals surface area (Å²) < 4.78 is 1.06. The van der Waals surface area contributed by atoms with Crippen molar-refractivity contribution in [2.45, 2.75) is 18.9 Å². The Morgan fingerprint density at radius 3 is 2.61 bits per heavy atom. The van der Waals surface area contributed by atoms with Crippen molar-refractivity contribution in [3.05, 3.63) is 26.9 Å². The summed E-state index contributed by atoms with van der Waals surface area (Å²) in [5.74, 6) is 0.145. The molecule has 0 bridgehead atoms. The van der Waals surface area contributed by atoms with Crippen LogP contribution in [0.25, 0.3) is 6.08 Å². The lowest BCUT2D eigenvalue weighted by Crippen LogP contribution is -2.50. The number of carbonyl (C=O) groups is 2. The van der Waals surface area contributed by atoms with Gasteiger partial charge in [0.2, 0.25) is 11.8 Å². The molecule has 1 aliphatic heterocycles. The van der Waals surface area contributed by atoms with Gasteiger partial charge in [0.1, 0.15) is 0 Å². The van der Waals surface area contributed by atoms with Crippen LogP contribution in [-0.2, 0) is 9.59 Å². The van der Waals surface area contributed by atoms with Gasteiger partial charge in [-0.3, -0.25) is 14.5 Å². The average molecular weight is 398 g/mol. The van der Waals surface area contributed by atoms with E-state index in [1.807, 2.05) is 23.1 Å². The average Bonchev–Trinajstić information content (AvgIpc) is 3.24. The lowest BCUT2D eigenvalue weighted by molar-refractivity contribution is -0.128. The smallest absolute Gasteiger partial charge is 0.246 e. The number of piperazine rings is 1. The van der Waals surface area contributed by atoms with E-state index in [-0.39, 0.29) is 11.8 Å². The summed E-state index contributed by atoms with van der Waals surface area (Å²) in [6, 6.07) is 4.36. The van der Waals surface area contributed by atoms with Crippen molar-refractivity contribution in [2.24, 2.45) is 0 Å². The van der Waals surface area contributed by atoms with Gasteiger partial charge in [-0.15, -0.1) is 11.3 Å². The first kappa shape index (κ1) is 16.7. The van der Waals surface area contributed by atoms with E-state index < -0.39 is 0 Å². The number of rotatable bonds is 5. The van der Waals surface area contributed by atoms with Gasteiger partial charge in [-0.2, -0.15) is 0 Å². The Morgan fingerprint density at radius 1 is 1.26 bits per heavy atom. The number of thiophene rings is 1. The van der Waals surface area contributed by atoms with Crippen molar-refractivity contribution in [1.29, 1.82) is 0 Å². The zero-order valence-electron chi connectivity index (χ0n) is 12.8. The Labute approximate surface area is 148 Å². The maximum absolute atomic E-state index is 12.2. The van der Waals surface area contributed by atoms with Gasteiger partial charge < -0.3 is 10.2 Å². The second kappa shape index (κ2) is 7.59. The summed E-state index contributed by atoms with van der Waals surface area (Å²) in [4.78, 5) is 29.0. The second-order valence-corrected chi connectivity index (χ2v) is 8.41. The quantitative estimate of drug-likeness (QED) is 0.772. The van der Waals surface area contributed by atoms with Crippen LogP contribution in [0.4, 0.5) is 0 Å². The van der Waals surface area contributed by atoms with Crippen molar-refractivity contribution in [3.63, 3.8) is 0 Å². The summed E-state index contributed by atoms with van der Waals surface area (Å²) >= 11 is 5.01. The fraction of sp³-hybridized carbons (Fsp3) is 0.500. The number of carbonyl (C=O) groups excluding carboxylic acids is 2. The Kier molecular flexibility index (Phi) is 5.50. The Hall–Kier alpha value is -1.18. The molecule has 1 saturated heterocycles. The zero-order valence-corrected chi connectivity index (χ0v) is 15.2. The Bertz CT molecular complexity index is 604. The van der Waals surface area contributed by atoms with Gasteiger partial charge in [0.05, 0.1) is 10.3 Å².